The number of nitrogens with zero attached hydrogens (tertiary/aromatic N) is 1. The SMILES string of the molecule is O=[S@@](CCN1CCc2ccccc2C1)c1ccccc1. The Balaban J connectivity index is 1.57. The highest BCUT2D eigenvalue weighted by Gasteiger charge is 2.16. The predicted octanol–water partition coefficient (Wildman–Crippen LogP) is 2.85. The van der Waals surface area contributed by atoms with Crippen molar-refractivity contribution in [2.24, 2.45) is 0 Å². The summed E-state index contributed by atoms with van der Waals surface area (Å²) < 4.78 is 12.2. The lowest BCUT2D eigenvalue weighted by molar-refractivity contribution is 0.270. The molecule has 0 unspecified atom stereocenters. The van der Waals surface area contributed by atoms with Gasteiger partial charge in [0.15, 0.2) is 0 Å². The third-order valence-corrected chi connectivity index (χ3v) is 5.16. The molecule has 2 aromatic rings. The smallest absolute Gasteiger partial charge is 0.0542 e. The minimum absolute atomic E-state index is 0.714. The Morgan fingerprint density at radius 2 is 1.65 bits per heavy atom. The molecule has 0 saturated heterocycles. The molecule has 0 aromatic heterocycles. The highest BCUT2D eigenvalue weighted by Crippen LogP contribution is 2.18. The second-order valence-electron chi connectivity index (χ2n) is 5.16. The maximum Gasteiger partial charge on any atom is 0.0542 e. The van der Waals surface area contributed by atoms with Gasteiger partial charge in [0.05, 0.1) is 10.8 Å². The van der Waals surface area contributed by atoms with Crippen molar-refractivity contribution in [3.8, 4) is 0 Å². The summed E-state index contributed by atoms with van der Waals surface area (Å²) in [5.74, 6) is 0.714. The lowest BCUT2D eigenvalue weighted by atomic mass is 10.0. The zero-order valence-electron chi connectivity index (χ0n) is 11.5. The Hall–Kier alpha value is -1.45. The molecule has 1 aliphatic rings. The fourth-order valence-corrected chi connectivity index (χ4v) is 3.77. The zero-order chi connectivity index (χ0) is 13.8. The van der Waals surface area contributed by atoms with Crippen LogP contribution >= 0.6 is 0 Å². The minimum Gasteiger partial charge on any atom is -0.298 e. The molecule has 0 spiro atoms. The van der Waals surface area contributed by atoms with E-state index in [1.165, 1.54) is 11.1 Å². The molecule has 0 saturated carbocycles. The van der Waals surface area contributed by atoms with Crippen LogP contribution in [0.15, 0.2) is 59.5 Å². The summed E-state index contributed by atoms with van der Waals surface area (Å²) in [6.45, 7) is 2.96. The fraction of sp³-hybridized carbons (Fsp3) is 0.294. The van der Waals surface area contributed by atoms with Crippen LogP contribution in [-0.2, 0) is 23.8 Å². The summed E-state index contributed by atoms with van der Waals surface area (Å²) in [7, 11) is -0.885. The first-order chi connectivity index (χ1) is 9.83. The minimum atomic E-state index is -0.885. The van der Waals surface area contributed by atoms with Crippen LogP contribution in [0.4, 0.5) is 0 Å². The third kappa shape index (κ3) is 3.17. The van der Waals surface area contributed by atoms with Gasteiger partial charge in [0.1, 0.15) is 0 Å². The maximum atomic E-state index is 12.2. The van der Waals surface area contributed by atoms with Crippen molar-refractivity contribution < 1.29 is 4.21 Å². The Bertz CT molecular complexity index is 597. The van der Waals surface area contributed by atoms with Crippen LogP contribution in [0.25, 0.3) is 0 Å². The van der Waals surface area contributed by atoms with Crippen molar-refractivity contribution in [2.45, 2.75) is 17.9 Å². The van der Waals surface area contributed by atoms with Gasteiger partial charge in [-0.2, -0.15) is 0 Å². The molecule has 20 heavy (non-hydrogen) atoms. The molecule has 0 N–H and O–H groups in total. The van der Waals surface area contributed by atoms with Gasteiger partial charge in [-0.25, -0.2) is 0 Å². The highest BCUT2D eigenvalue weighted by atomic mass is 32.2. The summed E-state index contributed by atoms with van der Waals surface area (Å²) in [6, 6.07) is 18.4. The van der Waals surface area contributed by atoms with E-state index in [2.05, 4.69) is 29.2 Å². The molecular weight excluding hydrogens is 266 g/mol. The summed E-state index contributed by atoms with van der Waals surface area (Å²) in [4.78, 5) is 3.34. The normalized spacial score (nSPS) is 16.6. The van der Waals surface area contributed by atoms with Gasteiger partial charge in [-0.3, -0.25) is 9.11 Å². The molecule has 0 aliphatic carbocycles. The van der Waals surface area contributed by atoms with Gasteiger partial charge in [0, 0.05) is 30.3 Å². The van der Waals surface area contributed by atoms with E-state index in [0.717, 1.165) is 31.0 Å². The van der Waals surface area contributed by atoms with E-state index in [4.69, 9.17) is 0 Å². The van der Waals surface area contributed by atoms with Crippen molar-refractivity contribution >= 4 is 10.8 Å². The van der Waals surface area contributed by atoms with Crippen LogP contribution in [0.1, 0.15) is 11.1 Å². The highest BCUT2D eigenvalue weighted by molar-refractivity contribution is 7.85. The van der Waals surface area contributed by atoms with E-state index in [-0.39, 0.29) is 0 Å². The van der Waals surface area contributed by atoms with Crippen molar-refractivity contribution in [2.75, 3.05) is 18.8 Å². The third-order valence-electron chi connectivity index (χ3n) is 3.81. The molecule has 0 fully saturated rings. The van der Waals surface area contributed by atoms with Gasteiger partial charge < -0.3 is 0 Å². The first-order valence-electron chi connectivity index (χ1n) is 7.05. The van der Waals surface area contributed by atoms with E-state index in [1.54, 1.807) is 0 Å². The van der Waals surface area contributed by atoms with Crippen molar-refractivity contribution in [1.82, 2.24) is 4.90 Å². The standard InChI is InChI=1S/C17H19NOS/c19-20(17-8-2-1-3-9-17)13-12-18-11-10-15-6-4-5-7-16(15)14-18/h1-9H,10-14H2/t20-/m0/s1. The lowest BCUT2D eigenvalue weighted by Gasteiger charge is -2.28. The van der Waals surface area contributed by atoms with E-state index in [0.29, 0.717) is 5.75 Å². The largest absolute Gasteiger partial charge is 0.298 e. The van der Waals surface area contributed by atoms with Crippen molar-refractivity contribution in [3.05, 3.63) is 65.7 Å². The molecule has 1 atom stereocenters. The zero-order valence-corrected chi connectivity index (χ0v) is 12.3. The number of hydrogen-bond donors (Lipinski definition) is 0. The van der Waals surface area contributed by atoms with Crippen LogP contribution in [0.2, 0.25) is 0 Å². The first kappa shape index (κ1) is 13.5. The first-order valence-corrected chi connectivity index (χ1v) is 8.37. The second-order valence-corrected chi connectivity index (χ2v) is 6.73. The van der Waals surface area contributed by atoms with E-state index in [1.807, 2.05) is 30.3 Å². The summed E-state index contributed by atoms with van der Waals surface area (Å²) in [5.41, 5.74) is 2.89. The van der Waals surface area contributed by atoms with Gasteiger partial charge in [-0.15, -0.1) is 0 Å². The van der Waals surface area contributed by atoms with E-state index in [9.17, 15) is 4.21 Å². The van der Waals surface area contributed by atoms with Crippen LogP contribution in [0.3, 0.4) is 0 Å². The molecule has 2 nitrogen and oxygen atoms in total. The molecule has 2 aromatic carbocycles. The van der Waals surface area contributed by atoms with Crippen LogP contribution in [0, 0.1) is 0 Å². The predicted molar refractivity (Wildman–Crippen MR) is 83.1 cm³/mol. The number of benzene rings is 2. The van der Waals surface area contributed by atoms with Crippen molar-refractivity contribution in [3.63, 3.8) is 0 Å². The number of rotatable bonds is 4. The van der Waals surface area contributed by atoms with Crippen molar-refractivity contribution in [1.29, 1.82) is 0 Å². The topological polar surface area (TPSA) is 20.3 Å². The Morgan fingerprint density at radius 1 is 0.950 bits per heavy atom. The molecule has 0 bridgehead atoms. The van der Waals surface area contributed by atoms with Crippen LogP contribution < -0.4 is 0 Å². The fourth-order valence-electron chi connectivity index (χ4n) is 2.65. The quantitative estimate of drug-likeness (QED) is 0.861. The van der Waals surface area contributed by atoms with Gasteiger partial charge in [-0.1, -0.05) is 42.5 Å². The molecule has 1 aliphatic heterocycles. The molecular formula is C17H19NOS. The average molecular weight is 285 g/mol. The van der Waals surface area contributed by atoms with E-state index >= 15 is 0 Å². The Morgan fingerprint density at radius 3 is 2.45 bits per heavy atom. The van der Waals surface area contributed by atoms with E-state index < -0.39 is 10.8 Å². The van der Waals surface area contributed by atoms with Crippen LogP contribution in [-0.4, -0.2) is 28.0 Å². The molecule has 104 valence electrons. The molecule has 3 rings (SSSR count). The van der Waals surface area contributed by atoms with Gasteiger partial charge >= 0.3 is 0 Å². The molecule has 1 heterocycles. The Labute approximate surface area is 122 Å². The van der Waals surface area contributed by atoms with Crippen LogP contribution in [0.5, 0.6) is 0 Å². The average Bonchev–Trinajstić information content (AvgIpc) is 2.53. The summed E-state index contributed by atoms with van der Waals surface area (Å²) in [5, 5.41) is 0. The van der Waals surface area contributed by atoms with Gasteiger partial charge in [-0.05, 0) is 29.7 Å². The van der Waals surface area contributed by atoms with Gasteiger partial charge in [0.25, 0.3) is 0 Å². The second kappa shape index (κ2) is 6.33. The molecule has 3 heteroatoms. The maximum absolute atomic E-state index is 12.2. The molecule has 0 amide bonds. The monoisotopic (exact) mass is 285 g/mol. The number of hydrogen-bond acceptors (Lipinski definition) is 2. The lowest BCUT2D eigenvalue weighted by Crippen LogP contribution is -2.33. The molecule has 0 radical (unpaired) electrons. The Kier molecular flexibility index (Phi) is 4.28. The summed E-state index contributed by atoms with van der Waals surface area (Å²) >= 11 is 0. The number of fused-ring (bicyclic) bond motifs is 1. The summed E-state index contributed by atoms with van der Waals surface area (Å²) in [6.07, 6.45) is 1.11. The van der Waals surface area contributed by atoms with Gasteiger partial charge in [0.2, 0.25) is 0 Å².